The van der Waals surface area contributed by atoms with Gasteiger partial charge in [0.25, 0.3) is 11.5 Å². The van der Waals surface area contributed by atoms with Gasteiger partial charge < -0.3 is 14.8 Å². The van der Waals surface area contributed by atoms with Crippen molar-refractivity contribution in [1.82, 2.24) is 44.5 Å². The SMILES string of the molecule is O=C(C1Cc2nccnc2CN1C(=O)c1ccc(-n2cnnc2)cc1)N1CCc2c(nc[nH]c2=O)C1. The maximum atomic E-state index is 13.8. The Morgan fingerprint density at radius 1 is 0.917 bits per heavy atom. The molecule has 0 fully saturated rings. The van der Waals surface area contributed by atoms with E-state index in [1.54, 1.807) is 63.7 Å². The van der Waals surface area contributed by atoms with E-state index in [0.29, 0.717) is 41.2 Å². The summed E-state index contributed by atoms with van der Waals surface area (Å²) in [6.07, 6.45) is 8.35. The van der Waals surface area contributed by atoms with E-state index in [0.717, 1.165) is 5.69 Å². The van der Waals surface area contributed by atoms with Crippen LogP contribution in [0.1, 0.15) is 33.0 Å². The van der Waals surface area contributed by atoms with E-state index in [-0.39, 0.29) is 36.9 Å². The van der Waals surface area contributed by atoms with Crippen LogP contribution < -0.4 is 5.56 Å². The van der Waals surface area contributed by atoms with Crippen molar-refractivity contribution in [2.24, 2.45) is 0 Å². The predicted octanol–water partition coefficient (Wildman–Crippen LogP) is 0.293. The summed E-state index contributed by atoms with van der Waals surface area (Å²) in [5, 5.41) is 7.61. The molecule has 2 aliphatic heterocycles. The molecule has 0 saturated heterocycles. The van der Waals surface area contributed by atoms with E-state index in [1.165, 1.54) is 6.33 Å². The van der Waals surface area contributed by atoms with Crippen molar-refractivity contribution in [2.45, 2.75) is 32.0 Å². The van der Waals surface area contributed by atoms with Crippen LogP contribution in [0.15, 0.2) is 60.4 Å². The summed E-state index contributed by atoms with van der Waals surface area (Å²) in [5.41, 5.74) is 3.64. The number of hydrogen-bond donors (Lipinski definition) is 1. The van der Waals surface area contributed by atoms with Crippen molar-refractivity contribution < 1.29 is 9.59 Å². The minimum atomic E-state index is -0.747. The molecule has 4 aromatic rings. The molecule has 3 aromatic heterocycles. The molecule has 1 unspecified atom stereocenters. The first kappa shape index (κ1) is 21.8. The average molecular weight is 483 g/mol. The van der Waals surface area contributed by atoms with Crippen LogP contribution in [0.2, 0.25) is 0 Å². The van der Waals surface area contributed by atoms with E-state index in [9.17, 15) is 14.4 Å². The summed E-state index contributed by atoms with van der Waals surface area (Å²) in [4.78, 5) is 58.4. The van der Waals surface area contributed by atoms with Gasteiger partial charge in [-0.2, -0.15) is 0 Å². The number of fused-ring (bicyclic) bond motifs is 2. The monoisotopic (exact) mass is 483 g/mol. The van der Waals surface area contributed by atoms with Gasteiger partial charge in [0, 0.05) is 42.2 Å². The molecular formula is C24H21N9O3. The number of carbonyl (C=O) groups is 2. The highest BCUT2D eigenvalue weighted by atomic mass is 16.2. The van der Waals surface area contributed by atoms with Gasteiger partial charge in [0.15, 0.2) is 0 Å². The van der Waals surface area contributed by atoms with Gasteiger partial charge in [0.05, 0.1) is 36.5 Å². The summed E-state index contributed by atoms with van der Waals surface area (Å²) in [7, 11) is 0. The third kappa shape index (κ3) is 3.82. The molecule has 0 radical (unpaired) electrons. The third-order valence-electron chi connectivity index (χ3n) is 6.64. The molecule has 0 bridgehead atoms. The first-order valence-electron chi connectivity index (χ1n) is 11.5. The molecule has 6 rings (SSSR count). The van der Waals surface area contributed by atoms with Crippen LogP contribution in [0.25, 0.3) is 5.69 Å². The number of nitrogens with zero attached hydrogens (tertiary/aromatic N) is 8. The van der Waals surface area contributed by atoms with E-state index >= 15 is 0 Å². The van der Waals surface area contributed by atoms with Crippen LogP contribution in [-0.2, 0) is 30.7 Å². The molecule has 36 heavy (non-hydrogen) atoms. The zero-order valence-electron chi connectivity index (χ0n) is 19.1. The highest BCUT2D eigenvalue weighted by molar-refractivity contribution is 5.98. The molecule has 0 saturated carbocycles. The maximum absolute atomic E-state index is 13.8. The molecule has 2 aliphatic rings. The molecule has 1 atom stereocenters. The summed E-state index contributed by atoms with van der Waals surface area (Å²) in [6.45, 7) is 0.769. The van der Waals surface area contributed by atoms with Crippen molar-refractivity contribution in [3.63, 3.8) is 0 Å². The van der Waals surface area contributed by atoms with Crippen molar-refractivity contribution in [2.75, 3.05) is 6.54 Å². The molecule has 5 heterocycles. The molecule has 1 aromatic carbocycles. The van der Waals surface area contributed by atoms with Gasteiger partial charge in [-0.15, -0.1) is 10.2 Å². The van der Waals surface area contributed by atoms with Gasteiger partial charge in [-0.25, -0.2) is 4.98 Å². The van der Waals surface area contributed by atoms with Crippen LogP contribution in [-0.4, -0.2) is 68.9 Å². The number of amides is 2. The second-order valence-corrected chi connectivity index (χ2v) is 8.69. The fraction of sp³-hybridized carbons (Fsp3) is 0.250. The lowest BCUT2D eigenvalue weighted by atomic mass is 9.97. The second kappa shape index (κ2) is 8.80. The number of nitrogens with one attached hydrogen (secondary N) is 1. The molecule has 12 heteroatoms. The Balaban J connectivity index is 1.30. The van der Waals surface area contributed by atoms with Gasteiger partial charge in [-0.3, -0.25) is 28.9 Å². The van der Waals surface area contributed by atoms with Gasteiger partial charge in [0.1, 0.15) is 18.7 Å². The molecule has 0 aliphatic carbocycles. The summed E-state index contributed by atoms with van der Waals surface area (Å²) in [6, 6.07) is 6.30. The maximum Gasteiger partial charge on any atom is 0.254 e. The zero-order chi connectivity index (χ0) is 24.6. The fourth-order valence-corrected chi connectivity index (χ4v) is 4.74. The number of aromatic amines is 1. The number of hydrogen-bond acceptors (Lipinski definition) is 8. The number of rotatable bonds is 3. The van der Waals surface area contributed by atoms with Gasteiger partial charge in [-0.05, 0) is 30.7 Å². The Morgan fingerprint density at radius 2 is 1.67 bits per heavy atom. The van der Waals surface area contributed by atoms with E-state index in [2.05, 4.69) is 30.1 Å². The molecule has 1 N–H and O–H groups in total. The number of carbonyl (C=O) groups excluding carboxylic acids is 2. The summed E-state index contributed by atoms with van der Waals surface area (Å²) >= 11 is 0. The van der Waals surface area contributed by atoms with Crippen LogP contribution in [0.3, 0.4) is 0 Å². The van der Waals surface area contributed by atoms with Gasteiger partial charge >= 0.3 is 0 Å². The van der Waals surface area contributed by atoms with Crippen LogP contribution in [0, 0.1) is 0 Å². The standard InChI is InChI=1S/C24H21N9O3/c34-22-17-5-8-31(10-19(17)27-12-28-22)24(36)21-9-18-20(26-7-6-25-18)11-33(21)23(35)15-1-3-16(4-2-15)32-13-29-30-14-32/h1-4,6-7,12-14,21H,5,8-11H2,(H,27,28,34). The number of aromatic nitrogens is 7. The van der Waals surface area contributed by atoms with Gasteiger partial charge in [-0.1, -0.05) is 0 Å². The summed E-state index contributed by atoms with van der Waals surface area (Å²) in [5.74, 6) is -0.472. The van der Waals surface area contributed by atoms with E-state index < -0.39 is 6.04 Å². The van der Waals surface area contributed by atoms with Crippen molar-refractivity contribution in [3.05, 3.63) is 94.2 Å². The minimum Gasteiger partial charge on any atom is -0.335 e. The predicted molar refractivity (Wildman–Crippen MR) is 125 cm³/mol. The molecule has 0 spiro atoms. The average Bonchev–Trinajstić information content (AvgIpc) is 3.47. The molecule has 180 valence electrons. The van der Waals surface area contributed by atoms with Crippen LogP contribution in [0.4, 0.5) is 0 Å². The lowest BCUT2D eigenvalue weighted by molar-refractivity contribution is -0.137. The second-order valence-electron chi connectivity index (χ2n) is 8.69. The van der Waals surface area contributed by atoms with Gasteiger partial charge in [0.2, 0.25) is 5.91 Å². The molecule has 12 nitrogen and oxygen atoms in total. The molecular weight excluding hydrogens is 462 g/mol. The fourth-order valence-electron chi connectivity index (χ4n) is 4.74. The summed E-state index contributed by atoms with van der Waals surface area (Å²) < 4.78 is 1.74. The van der Waals surface area contributed by atoms with Crippen molar-refractivity contribution in [1.29, 1.82) is 0 Å². The van der Waals surface area contributed by atoms with Crippen LogP contribution >= 0.6 is 0 Å². The quantitative estimate of drug-likeness (QED) is 0.438. The minimum absolute atomic E-state index is 0.175. The first-order valence-corrected chi connectivity index (χ1v) is 11.5. The lowest BCUT2D eigenvalue weighted by Gasteiger charge is -2.38. The van der Waals surface area contributed by atoms with Crippen LogP contribution in [0.5, 0.6) is 0 Å². The largest absolute Gasteiger partial charge is 0.335 e. The third-order valence-corrected chi connectivity index (χ3v) is 6.64. The van der Waals surface area contributed by atoms with E-state index in [4.69, 9.17) is 0 Å². The highest BCUT2D eigenvalue weighted by Crippen LogP contribution is 2.26. The molecule has 2 amide bonds. The van der Waals surface area contributed by atoms with Crippen molar-refractivity contribution in [3.8, 4) is 5.69 Å². The smallest absolute Gasteiger partial charge is 0.254 e. The Kier molecular flexibility index (Phi) is 5.32. The lowest BCUT2D eigenvalue weighted by Crippen LogP contribution is -2.55. The first-order chi connectivity index (χ1) is 17.6. The normalized spacial score (nSPS) is 16.8. The highest BCUT2D eigenvalue weighted by Gasteiger charge is 2.39. The number of H-pyrrole nitrogens is 1. The van der Waals surface area contributed by atoms with Crippen molar-refractivity contribution >= 4 is 11.8 Å². The Bertz CT molecular complexity index is 1500. The Hall–Kier alpha value is -4.74. The topological polar surface area (TPSA) is 143 Å². The Labute approximate surface area is 204 Å². The van der Waals surface area contributed by atoms with E-state index in [1.807, 2.05) is 0 Å². The number of benzene rings is 1. The zero-order valence-corrected chi connectivity index (χ0v) is 19.1. The Morgan fingerprint density at radius 3 is 2.44 bits per heavy atom.